The van der Waals surface area contributed by atoms with Crippen LogP contribution in [-0.4, -0.2) is 16.8 Å². The van der Waals surface area contributed by atoms with Gasteiger partial charge < -0.3 is 10.2 Å². The van der Waals surface area contributed by atoms with Crippen LogP contribution in [0.15, 0.2) is 48.5 Å². The molecule has 0 spiro atoms. The van der Waals surface area contributed by atoms with Crippen LogP contribution in [0, 0.1) is 6.92 Å². The van der Waals surface area contributed by atoms with E-state index in [0.29, 0.717) is 12.2 Å². The maximum Gasteiger partial charge on any atom is 0.119 e. The summed E-state index contributed by atoms with van der Waals surface area (Å²) in [5, 5.41) is 19.2. The van der Waals surface area contributed by atoms with Gasteiger partial charge in [-0.15, -0.1) is 0 Å². The van der Waals surface area contributed by atoms with Crippen molar-refractivity contribution in [3.8, 4) is 5.75 Å². The number of aryl methyl sites for hydroxylation is 1. The van der Waals surface area contributed by atoms with Gasteiger partial charge in [0.05, 0.1) is 0 Å². The van der Waals surface area contributed by atoms with E-state index in [2.05, 4.69) is 0 Å². The first-order chi connectivity index (χ1) is 8.72. The molecule has 18 heavy (non-hydrogen) atoms. The minimum absolute atomic E-state index is 0.0381. The lowest BCUT2D eigenvalue weighted by Crippen LogP contribution is -2.04. The Kier molecular flexibility index (Phi) is 4.00. The SMILES string of the molecule is Cc1ccc(O)c([C@@H](CCO)c2ccccc2)c1. The third-order valence-corrected chi connectivity index (χ3v) is 3.18. The number of benzene rings is 2. The van der Waals surface area contributed by atoms with Gasteiger partial charge >= 0.3 is 0 Å². The summed E-state index contributed by atoms with van der Waals surface area (Å²) in [7, 11) is 0. The van der Waals surface area contributed by atoms with Gasteiger partial charge in [-0.25, -0.2) is 0 Å². The molecule has 0 radical (unpaired) electrons. The summed E-state index contributed by atoms with van der Waals surface area (Å²) in [6.07, 6.45) is 0.612. The first kappa shape index (κ1) is 12.7. The minimum atomic E-state index is 0.0381. The molecule has 0 unspecified atom stereocenters. The highest BCUT2D eigenvalue weighted by Crippen LogP contribution is 2.34. The Labute approximate surface area is 108 Å². The van der Waals surface area contributed by atoms with E-state index >= 15 is 0 Å². The van der Waals surface area contributed by atoms with Crippen molar-refractivity contribution in [1.29, 1.82) is 0 Å². The average Bonchev–Trinajstić information content (AvgIpc) is 2.40. The lowest BCUT2D eigenvalue weighted by molar-refractivity contribution is 0.280. The van der Waals surface area contributed by atoms with E-state index in [4.69, 9.17) is 0 Å². The van der Waals surface area contributed by atoms with Gasteiger partial charge in [-0.1, -0.05) is 48.0 Å². The third kappa shape index (κ3) is 2.71. The van der Waals surface area contributed by atoms with E-state index in [-0.39, 0.29) is 12.5 Å². The third-order valence-electron chi connectivity index (χ3n) is 3.18. The Morgan fingerprint density at radius 1 is 1.06 bits per heavy atom. The highest BCUT2D eigenvalue weighted by molar-refractivity contribution is 5.43. The second kappa shape index (κ2) is 5.69. The molecule has 0 aromatic heterocycles. The summed E-state index contributed by atoms with van der Waals surface area (Å²) in [4.78, 5) is 0. The molecule has 0 heterocycles. The second-order valence-electron chi connectivity index (χ2n) is 4.54. The van der Waals surface area contributed by atoms with E-state index < -0.39 is 0 Å². The Morgan fingerprint density at radius 3 is 2.44 bits per heavy atom. The Morgan fingerprint density at radius 2 is 1.78 bits per heavy atom. The number of phenols is 1. The van der Waals surface area contributed by atoms with E-state index in [1.807, 2.05) is 49.4 Å². The van der Waals surface area contributed by atoms with Gasteiger partial charge in [0.15, 0.2) is 0 Å². The molecular weight excluding hydrogens is 224 g/mol. The second-order valence-corrected chi connectivity index (χ2v) is 4.54. The largest absolute Gasteiger partial charge is 0.508 e. The van der Waals surface area contributed by atoms with E-state index in [0.717, 1.165) is 16.7 Å². The van der Waals surface area contributed by atoms with Crippen LogP contribution in [0.2, 0.25) is 0 Å². The van der Waals surface area contributed by atoms with Gasteiger partial charge in [0, 0.05) is 18.1 Å². The highest BCUT2D eigenvalue weighted by Gasteiger charge is 2.17. The quantitative estimate of drug-likeness (QED) is 0.864. The summed E-state index contributed by atoms with van der Waals surface area (Å²) >= 11 is 0. The first-order valence-corrected chi connectivity index (χ1v) is 6.17. The van der Waals surface area contributed by atoms with Crippen molar-refractivity contribution in [1.82, 2.24) is 0 Å². The number of aliphatic hydroxyl groups excluding tert-OH is 1. The van der Waals surface area contributed by atoms with Gasteiger partial charge in [0.1, 0.15) is 5.75 Å². The summed E-state index contributed by atoms with van der Waals surface area (Å²) in [5.41, 5.74) is 3.12. The molecule has 0 bridgehead atoms. The Hall–Kier alpha value is -1.80. The monoisotopic (exact) mass is 242 g/mol. The lowest BCUT2D eigenvalue weighted by atomic mass is 9.87. The topological polar surface area (TPSA) is 40.5 Å². The molecule has 2 aromatic carbocycles. The van der Waals surface area contributed by atoms with Crippen molar-refractivity contribution < 1.29 is 10.2 Å². The molecule has 2 heteroatoms. The van der Waals surface area contributed by atoms with Crippen LogP contribution in [0.1, 0.15) is 29.0 Å². The van der Waals surface area contributed by atoms with Crippen molar-refractivity contribution >= 4 is 0 Å². The average molecular weight is 242 g/mol. The molecule has 2 N–H and O–H groups in total. The van der Waals surface area contributed by atoms with E-state index in [1.54, 1.807) is 6.07 Å². The predicted molar refractivity (Wildman–Crippen MR) is 72.8 cm³/mol. The molecule has 0 aliphatic rings. The molecule has 0 fully saturated rings. The standard InChI is InChI=1S/C16H18O2/c1-12-7-8-16(18)15(11-12)14(9-10-17)13-5-3-2-4-6-13/h2-8,11,14,17-18H,9-10H2,1H3/t14-/m0/s1. The molecule has 2 aromatic rings. The molecular formula is C16H18O2. The molecule has 0 saturated heterocycles. The van der Waals surface area contributed by atoms with Crippen molar-refractivity contribution in [2.75, 3.05) is 6.61 Å². The molecule has 2 rings (SSSR count). The number of phenolic OH excluding ortho intramolecular Hbond substituents is 1. The van der Waals surface area contributed by atoms with Crippen LogP contribution in [0.25, 0.3) is 0 Å². The van der Waals surface area contributed by atoms with Crippen LogP contribution >= 0.6 is 0 Å². The van der Waals surface area contributed by atoms with Crippen LogP contribution in [0.3, 0.4) is 0 Å². The van der Waals surface area contributed by atoms with Gasteiger partial charge in [0.25, 0.3) is 0 Å². The molecule has 1 atom stereocenters. The van der Waals surface area contributed by atoms with Crippen LogP contribution in [0.5, 0.6) is 5.75 Å². The van der Waals surface area contributed by atoms with Crippen molar-refractivity contribution in [3.63, 3.8) is 0 Å². The van der Waals surface area contributed by atoms with Gasteiger partial charge in [-0.3, -0.25) is 0 Å². The van der Waals surface area contributed by atoms with E-state index in [1.165, 1.54) is 0 Å². The van der Waals surface area contributed by atoms with Crippen molar-refractivity contribution in [2.45, 2.75) is 19.3 Å². The Balaban J connectivity index is 2.44. The molecule has 2 nitrogen and oxygen atoms in total. The molecule has 0 aliphatic carbocycles. The zero-order valence-electron chi connectivity index (χ0n) is 10.5. The summed E-state index contributed by atoms with van der Waals surface area (Å²) in [6.45, 7) is 2.11. The molecule has 0 amide bonds. The normalized spacial score (nSPS) is 12.3. The predicted octanol–water partition coefficient (Wildman–Crippen LogP) is 3.21. The maximum atomic E-state index is 10.0. The number of rotatable bonds is 4. The van der Waals surface area contributed by atoms with E-state index in [9.17, 15) is 10.2 Å². The maximum absolute atomic E-state index is 10.0. The zero-order valence-corrected chi connectivity index (χ0v) is 10.5. The van der Waals surface area contributed by atoms with Crippen molar-refractivity contribution in [3.05, 3.63) is 65.2 Å². The number of hydrogen-bond donors (Lipinski definition) is 2. The van der Waals surface area contributed by atoms with Gasteiger partial charge in [-0.2, -0.15) is 0 Å². The van der Waals surface area contributed by atoms with Crippen LogP contribution in [0.4, 0.5) is 0 Å². The number of aromatic hydroxyl groups is 1. The fourth-order valence-corrected chi connectivity index (χ4v) is 2.27. The van der Waals surface area contributed by atoms with Gasteiger partial charge in [0.2, 0.25) is 0 Å². The number of hydrogen-bond acceptors (Lipinski definition) is 2. The van der Waals surface area contributed by atoms with Crippen LogP contribution < -0.4 is 0 Å². The molecule has 0 aliphatic heterocycles. The fourth-order valence-electron chi connectivity index (χ4n) is 2.27. The first-order valence-electron chi connectivity index (χ1n) is 6.17. The lowest BCUT2D eigenvalue weighted by Gasteiger charge is -2.18. The summed E-state index contributed by atoms with van der Waals surface area (Å²) in [5.74, 6) is 0.332. The highest BCUT2D eigenvalue weighted by atomic mass is 16.3. The zero-order chi connectivity index (χ0) is 13.0. The summed E-state index contributed by atoms with van der Waals surface area (Å²) < 4.78 is 0. The Bertz CT molecular complexity index is 506. The van der Waals surface area contributed by atoms with Crippen LogP contribution in [-0.2, 0) is 0 Å². The molecule has 94 valence electrons. The number of aliphatic hydroxyl groups is 1. The van der Waals surface area contributed by atoms with Gasteiger partial charge in [-0.05, 0) is 25.0 Å². The minimum Gasteiger partial charge on any atom is -0.508 e. The molecule has 0 saturated carbocycles. The smallest absolute Gasteiger partial charge is 0.119 e. The van der Waals surface area contributed by atoms with Crippen molar-refractivity contribution in [2.24, 2.45) is 0 Å². The fraction of sp³-hybridized carbons (Fsp3) is 0.250. The summed E-state index contributed by atoms with van der Waals surface area (Å²) in [6, 6.07) is 15.6.